The number of hydrogen-bond acceptors (Lipinski definition) is 7. The molecular formula is C16H23N7O. The molecule has 0 aliphatic carbocycles. The molecular weight excluding hydrogens is 306 g/mol. The lowest BCUT2D eigenvalue weighted by molar-refractivity contribution is -0.130. The van der Waals surface area contributed by atoms with Gasteiger partial charge >= 0.3 is 0 Å². The number of nitrogens with one attached hydrogen (secondary N) is 3. The van der Waals surface area contributed by atoms with Crippen LogP contribution in [0.25, 0.3) is 0 Å². The molecule has 5 N–H and O–H groups in total. The highest BCUT2D eigenvalue weighted by Crippen LogP contribution is 2.43. The van der Waals surface area contributed by atoms with E-state index in [9.17, 15) is 4.79 Å². The summed E-state index contributed by atoms with van der Waals surface area (Å²) < 4.78 is 0. The second-order valence-electron chi connectivity index (χ2n) is 7.16. The van der Waals surface area contributed by atoms with Crippen molar-refractivity contribution >= 4 is 23.7 Å². The molecule has 1 amide bonds. The Labute approximate surface area is 141 Å². The molecule has 1 unspecified atom stereocenters. The quantitative estimate of drug-likeness (QED) is 0.566. The van der Waals surface area contributed by atoms with Gasteiger partial charge in [-0.1, -0.05) is 0 Å². The molecule has 0 radical (unpaired) electrons. The van der Waals surface area contributed by atoms with Crippen molar-refractivity contribution in [3.8, 4) is 0 Å². The number of aliphatic imine (C=N–C) groups is 1. The van der Waals surface area contributed by atoms with E-state index in [1.54, 1.807) is 0 Å². The predicted octanol–water partition coefficient (Wildman–Crippen LogP) is -0.300. The highest BCUT2D eigenvalue weighted by atomic mass is 16.1. The molecule has 1 spiro atoms. The summed E-state index contributed by atoms with van der Waals surface area (Å²) in [5.41, 5.74) is 16.4. The number of hydrazine groups is 1. The second kappa shape index (κ2) is 5.27. The summed E-state index contributed by atoms with van der Waals surface area (Å²) in [4.78, 5) is 19.2. The van der Waals surface area contributed by atoms with Gasteiger partial charge in [0.1, 0.15) is 0 Å². The van der Waals surface area contributed by atoms with E-state index in [0.29, 0.717) is 11.4 Å². The Morgan fingerprint density at radius 3 is 2.50 bits per heavy atom. The molecule has 3 aliphatic rings. The van der Waals surface area contributed by atoms with Crippen LogP contribution in [0.2, 0.25) is 0 Å². The zero-order chi connectivity index (χ0) is 16.9. The van der Waals surface area contributed by atoms with Gasteiger partial charge in [0.15, 0.2) is 6.29 Å². The number of guanidine groups is 1. The molecule has 3 aliphatic heterocycles. The van der Waals surface area contributed by atoms with E-state index >= 15 is 0 Å². The normalized spacial score (nSPS) is 24.1. The molecule has 2 fully saturated rings. The van der Waals surface area contributed by atoms with Crippen molar-refractivity contribution in [3.05, 3.63) is 23.3 Å². The zero-order valence-corrected chi connectivity index (χ0v) is 14.0. The van der Waals surface area contributed by atoms with Gasteiger partial charge in [-0.25, -0.2) is 4.99 Å². The molecule has 0 saturated carbocycles. The fourth-order valence-corrected chi connectivity index (χ4v) is 4.12. The number of hydrogen-bond donors (Lipinski definition) is 4. The minimum atomic E-state index is -0.258. The molecule has 4 rings (SSSR count). The van der Waals surface area contributed by atoms with Crippen LogP contribution in [0, 0.1) is 19.3 Å². The average Bonchev–Trinajstić information content (AvgIpc) is 2.83. The van der Waals surface area contributed by atoms with Gasteiger partial charge in [0, 0.05) is 43.0 Å². The molecule has 24 heavy (non-hydrogen) atoms. The molecule has 1 aromatic rings. The minimum absolute atomic E-state index is 0.258. The van der Waals surface area contributed by atoms with Gasteiger partial charge in [0.2, 0.25) is 12.4 Å². The van der Waals surface area contributed by atoms with Crippen LogP contribution >= 0.6 is 0 Å². The van der Waals surface area contributed by atoms with Crippen molar-refractivity contribution in [1.29, 1.82) is 0 Å². The molecule has 3 heterocycles. The largest absolute Gasteiger partial charge is 0.370 e. The molecule has 0 bridgehead atoms. The van der Waals surface area contributed by atoms with Crippen molar-refractivity contribution < 1.29 is 4.79 Å². The first-order chi connectivity index (χ1) is 11.5. The van der Waals surface area contributed by atoms with Crippen molar-refractivity contribution in [3.63, 3.8) is 0 Å². The van der Waals surface area contributed by atoms with E-state index in [2.05, 4.69) is 52.0 Å². The van der Waals surface area contributed by atoms with E-state index in [0.717, 1.165) is 38.3 Å². The minimum Gasteiger partial charge on any atom is -0.370 e. The lowest BCUT2D eigenvalue weighted by Gasteiger charge is -2.60. The van der Waals surface area contributed by atoms with Gasteiger partial charge in [-0.2, -0.15) is 5.43 Å². The van der Waals surface area contributed by atoms with Crippen LogP contribution in [-0.4, -0.2) is 49.7 Å². The molecule has 8 nitrogen and oxygen atoms in total. The molecule has 8 heteroatoms. The van der Waals surface area contributed by atoms with Crippen molar-refractivity contribution in [1.82, 2.24) is 15.8 Å². The molecule has 0 aromatic heterocycles. The highest BCUT2D eigenvalue weighted by molar-refractivity contribution is 5.79. The molecule has 1 atom stereocenters. The van der Waals surface area contributed by atoms with Gasteiger partial charge in [-0.05, 0) is 37.1 Å². The summed E-state index contributed by atoms with van der Waals surface area (Å²) in [6, 6.07) is 4.27. The number of anilines is 2. The highest BCUT2D eigenvalue weighted by Gasteiger charge is 2.51. The van der Waals surface area contributed by atoms with Gasteiger partial charge in [0.05, 0.1) is 0 Å². The first-order valence-corrected chi connectivity index (χ1v) is 8.15. The number of carbonyl (C=O) groups excluding carboxylic acids is 1. The summed E-state index contributed by atoms with van der Waals surface area (Å²) in [5.74, 6) is 0.383. The summed E-state index contributed by atoms with van der Waals surface area (Å²) in [6.07, 6.45) is 0.692. The fraction of sp³-hybridized carbons (Fsp3) is 0.500. The van der Waals surface area contributed by atoms with E-state index in [-0.39, 0.29) is 6.29 Å². The SMILES string of the molecule is Cc1cc(NC2N=C(N)NN2)cc(C)c1N1CC2(CN(C=O)C2)C1. The van der Waals surface area contributed by atoms with Crippen LogP contribution in [0.1, 0.15) is 11.1 Å². The number of nitrogens with two attached hydrogens (primary N) is 1. The topological polar surface area (TPSA) is 98.0 Å². The zero-order valence-electron chi connectivity index (χ0n) is 14.0. The number of aryl methyl sites for hydroxylation is 2. The summed E-state index contributed by atoms with van der Waals surface area (Å²) in [5, 5.41) is 3.30. The van der Waals surface area contributed by atoms with Crippen LogP contribution in [-0.2, 0) is 4.79 Å². The Morgan fingerprint density at radius 1 is 1.29 bits per heavy atom. The van der Waals surface area contributed by atoms with Gasteiger partial charge in [-0.15, -0.1) is 0 Å². The molecule has 1 aromatic carbocycles. The van der Waals surface area contributed by atoms with Crippen molar-refractivity contribution in [2.45, 2.75) is 20.1 Å². The first kappa shape index (κ1) is 15.1. The average molecular weight is 329 g/mol. The predicted molar refractivity (Wildman–Crippen MR) is 93.5 cm³/mol. The number of benzene rings is 1. The smallest absolute Gasteiger partial charge is 0.209 e. The van der Waals surface area contributed by atoms with Crippen LogP contribution < -0.4 is 26.8 Å². The van der Waals surface area contributed by atoms with Gasteiger partial charge in [-0.3, -0.25) is 10.2 Å². The lowest BCUT2D eigenvalue weighted by atomic mass is 9.72. The van der Waals surface area contributed by atoms with Crippen LogP contribution in [0.4, 0.5) is 11.4 Å². The lowest BCUT2D eigenvalue weighted by Crippen LogP contribution is -2.72. The monoisotopic (exact) mass is 329 g/mol. The van der Waals surface area contributed by atoms with Crippen molar-refractivity contribution in [2.24, 2.45) is 16.1 Å². The Kier molecular flexibility index (Phi) is 3.31. The van der Waals surface area contributed by atoms with Crippen molar-refractivity contribution in [2.75, 3.05) is 36.4 Å². The standard InChI is InChI=1S/C16H23N7O/c1-10-3-12(18-15-19-14(17)20-21-15)4-11(2)13(10)23-7-16(8-23)5-22(6-16)9-24/h3-4,9,15,18,21H,5-8H2,1-2H3,(H3,17,19,20). The maximum atomic E-state index is 10.8. The third kappa shape index (κ3) is 2.43. The number of carbonyl (C=O) groups is 1. The summed E-state index contributed by atoms with van der Waals surface area (Å²) in [6.45, 7) is 8.11. The third-order valence-corrected chi connectivity index (χ3v) is 4.99. The summed E-state index contributed by atoms with van der Waals surface area (Å²) >= 11 is 0. The Balaban J connectivity index is 1.45. The maximum absolute atomic E-state index is 10.8. The van der Waals surface area contributed by atoms with E-state index in [1.807, 2.05) is 4.90 Å². The number of rotatable bonds is 4. The maximum Gasteiger partial charge on any atom is 0.209 e. The molecule has 128 valence electrons. The van der Waals surface area contributed by atoms with Crippen LogP contribution in [0.15, 0.2) is 17.1 Å². The van der Waals surface area contributed by atoms with E-state index in [4.69, 9.17) is 5.73 Å². The van der Waals surface area contributed by atoms with Gasteiger partial charge in [0.25, 0.3) is 0 Å². The Bertz CT molecular complexity index is 679. The third-order valence-electron chi connectivity index (χ3n) is 4.99. The molecule has 2 saturated heterocycles. The van der Waals surface area contributed by atoms with Crippen LogP contribution in [0.3, 0.4) is 0 Å². The number of amides is 1. The number of likely N-dealkylation sites (tertiary alicyclic amines) is 1. The number of nitrogens with zero attached hydrogens (tertiary/aromatic N) is 3. The van der Waals surface area contributed by atoms with E-state index < -0.39 is 0 Å². The Hall–Kier alpha value is -2.48. The second-order valence-corrected chi connectivity index (χ2v) is 7.16. The van der Waals surface area contributed by atoms with E-state index in [1.165, 1.54) is 16.8 Å². The van der Waals surface area contributed by atoms with Gasteiger partial charge < -0.3 is 20.9 Å². The Morgan fingerprint density at radius 2 is 1.96 bits per heavy atom. The first-order valence-electron chi connectivity index (χ1n) is 8.15. The van der Waals surface area contributed by atoms with Crippen LogP contribution in [0.5, 0.6) is 0 Å². The fourth-order valence-electron chi connectivity index (χ4n) is 4.12. The summed E-state index contributed by atoms with van der Waals surface area (Å²) in [7, 11) is 0.